The highest BCUT2D eigenvalue weighted by Crippen LogP contribution is 2.32. The molecule has 1 fully saturated rings. The molecule has 3 aromatic rings. The third-order valence-corrected chi connectivity index (χ3v) is 6.07. The Morgan fingerprint density at radius 1 is 1.19 bits per heavy atom. The van der Waals surface area contributed by atoms with Gasteiger partial charge in [-0.3, -0.25) is 5.41 Å². The molecule has 8 heteroatoms. The van der Waals surface area contributed by atoms with E-state index in [-0.39, 0.29) is 24.4 Å². The van der Waals surface area contributed by atoms with Crippen molar-refractivity contribution in [3.63, 3.8) is 0 Å². The second-order valence-corrected chi connectivity index (χ2v) is 8.24. The third-order valence-electron chi connectivity index (χ3n) is 6.07. The van der Waals surface area contributed by atoms with Crippen LogP contribution in [-0.4, -0.2) is 32.1 Å². The molecule has 1 aliphatic heterocycles. The Bertz CT molecular complexity index is 997. The lowest BCUT2D eigenvalue weighted by Gasteiger charge is -2.21. The number of rotatable bonds is 9. The first-order valence-corrected chi connectivity index (χ1v) is 11.2. The topological polar surface area (TPSA) is 97.0 Å². The summed E-state index contributed by atoms with van der Waals surface area (Å²) >= 11 is 0. The van der Waals surface area contributed by atoms with E-state index in [1.54, 1.807) is 0 Å². The van der Waals surface area contributed by atoms with Crippen molar-refractivity contribution in [1.29, 1.82) is 5.41 Å². The maximum absolute atomic E-state index is 7.75. The van der Waals surface area contributed by atoms with E-state index in [9.17, 15) is 0 Å². The summed E-state index contributed by atoms with van der Waals surface area (Å²) in [6, 6.07) is 8.39. The first kappa shape index (κ1) is 23.1. The van der Waals surface area contributed by atoms with Gasteiger partial charge >= 0.3 is 0 Å². The summed E-state index contributed by atoms with van der Waals surface area (Å²) in [7, 11) is 0. The number of hydrogen-bond acceptors (Lipinski definition) is 4. The molecule has 0 spiro atoms. The van der Waals surface area contributed by atoms with Gasteiger partial charge in [-0.25, -0.2) is 0 Å². The highest BCUT2D eigenvalue weighted by atomic mass is 35.5. The van der Waals surface area contributed by atoms with Crippen LogP contribution in [0, 0.1) is 5.41 Å². The molecule has 0 aliphatic carbocycles. The van der Waals surface area contributed by atoms with Gasteiger partial charge in [-0.05, 0) is 36.8 Å². The van der Waals surface area contributed by atoms with Crippen LogP contribution < -0.4 is 5.73 Å². The Balaban J connectivity index is 0.00000272. The molecule has 1 unspecified atom stereocenters. The first-order chi connectivity index (χ1) is 14.7. The van der Waals surface area contributed by atoms with Crippen molar-refractivity contribution in [3.8, 4) is 11.4 Å². The normalized spacial score (nSPS) is 16.0. The Hall–Kier alpha value is -2.54. The van der Waals surface area contributed by atoms with E-state index in [2.05, 4.69) is 46.0 Å². The fraction of sp³-hybridized carbons (Fsp3) is 0.522. The van der Waals surface area contributed by atoms with Gasteiger partial charge in [0, 0.05) is 30.4 Å². The summed E-state index contributed by atoms with van der Waals surface area (Å²) in [6.45, 7) is 4.05. The van der Waals surface area contributed by atoms with E-state index in [1.807, 2.05) is 11.0 Å². The van der Waals surface area contributed by atoms with E-state index in [1.165, 1.54) is 49.4 Å². The molecule has 31 heavy (non-hydrogen) atoms. The van der Waals surface area contributed by atoms with E-state index in [0.29, 0.717) is 11.7 Å². The largest absolute Gasteiger partial charge is 0.370 e. The maximum atomic E-state index is 7.75. The lowest BCUT2D eigenvalue weighted by molar-refractivity contribution is 0.283. The van der Waals surface area contributed by atoms with Gasteiger partial charge in [0.1, 0.15) is 6.04 Å². The van der Waals surface area contributed by atoms with Crippen molar-refractivity contribution in [1.82, 2.24) is 19.6 Å². The fourth-order valence-electron chi connectivity index (χ4n) is 4.38. The molecule has 3 N–H and O–H groups in total. The number of nitrogens with two attached hydrogens (primary N) is 1. The molecule has 1 aromatic carbocycles. The molecule has 2 aromatic heterocycles. The van der Waals surface area contributed by atoms with Crippen LogP contribution in [0.4, 0.5) is 0 Å². The smallest absolute Gasteiger partial charge is 0.249 e. The molecule has 1 saturated heterocycles. The summed E-state index contributed by atoms with van der Waals surface area (Å²) in [5, 5.41) is 13.2. The Morgan fingerprint density at radius 3 is 2.81 bits per heavy atom. The van der Waals surface area contributed by atoms with Crippen LogP contribution in [0.3, 0.4) is 0 Å². The standard InChI is InChI=1S/C23H32N6O.ClH/c1-2-3-4-5-6-7-13-28-15-12-17-10-11-18(16-20(17)28)21-26-22(30-27-21)19-9-8-14-29(19)23(24)25;/h10-12,15-16,19H,2-9,13-14H2,1H3,(H3,24,25);1H. The minimum absolute atomic E-state index is 0. The molecule has 0 radical (unpaired) electrons. The van der Waals surface area contributed by atoms with Gasteiger partial charge in [-0.15, -0.1) is 12.4 Å². The number of aryl methyl sites for hydroxylation is 1. The number of likely N-dealkylation sites (tertiary alicyclic amines) is 1. The summed E-state index contributed by atoms with van der Waals surface area (Å²) < 4.78 is 7.88. The fourth-order valence-corrected chi connectivity index (χ4v) is 4.38. The average molecular weight is 445 g/mol. The molecule has 0 saturated carbocycles. The zero-order valence-corrected chi connectivity index (χ0v) is 19.0. The minimum atomic E-state index is -0.0935. The van der Waals surface area contributed by atoms with E-state index in [4.69, 9.17) is 15.7 Å². The molecule has 1 atom stereocenters. The number of unbranched alkanes of at least 4 members (excludes halogenated alkanes) is 5. The predicted molar refractivity (Wildman–Crippen MR) is 126 cm³/mol. The molecule has 0 bridgehead atoms. The van der Waals surface area contributed by atoms with Crippen LogP contribution in [0.15, 0.2) is 35.0 Å². The number of hydrogen-bond donors (Lipinski definition) is 2. The summed E-state index contributed by atoms with van der Waals surface area (Å²) in [6.07, 6.45) is 11.8. The van der Waals surface area contributed by atoms with Gasteiger partial charge < -0.3 is 19.7 Å². The highest BCUT2D eigenvalue weighted by Gasteiger charge is 2.31. The number of nitrogens with zero attached hydrogens (tertiary/aromatic N) is 4. The molecule has 7 nitrogen and oxygen atoms in total. The number of benzene rings is 1. The lowest BCUT2D eigenvalue weighted by Crippen LogP contribution is -2.35. The summed E-state index contributed by atoms with van der Waals surface area (Å²) in [4.78, 5) is 6.46. The van der Waals surface area contributed by atoms with Crippen LogP contribution in [0.25, 0.3) is 22.3 Å². The Kier molecular flexibility index (Phi) is 7.96. The van der Waals surface area contributed by atoms with Crippen LogP contribution in [0.1, 0.15) is 70.2 Å². The van der Waals surface area contributed by atoms with E-state index >= 15 is 0 Å². The van der Waals surface area contributed by atoms with Gasteiger partial charge in [-0.1, -0.05) is 56.3 Å². The third kappa shape index (κ3) is 5.21. The summed E-state index contributed by atoms with van der Waals surface area (Å²) in [5.41, 5.74) is 7.86. The lowest BCUT2D eigenvalue weighted by atomic mass is 10.1. The van der Waals surface area contributed by atoms with Gasteiger partial charge in [0.2, 0.25) is 11.7 Å². The van der Waals surface area contributed by atoms with Crippen LogP contribution in [0.5, 0.6) is 0 Å². The van der Waals surface area contributed by atoms with Gasteiger partial charge in [0.25, 0.3) is 0 Å². The monoisotopic (exact) mass is 444 g/mol. The van der Waals surface area contributed by atoms with Crippen molar-refractivity contribution >= 4 is 29.3 Å². The second-order valence-electron chi connectivity index (χ2n) is 8.24. The van der Waals surface area contributed by atoms with Gasteiger partial charge in [0.05, 0.1) is 0 Å². The highest BCUT2D eigenvalue weighted by molar-refractivity contribution is 5.85. The van der Waals surface area contributed by atoms with Crippen LogP contribution in [-0.2, 0) is 6.54 Å². The van der Waals surface area contributed by atoms with Crippen molar-refractivity contribution in [2.45, 2.75) is 70.9 Å². The number of halogens is 1. The van der Waals surface area contributed by atoms with Crippen LogP contribution >= 0.6 is 12.4 Å². The van der Waals surface area contributed by atoms with Crippen molar-refractivity contribution in [2.24, 2.45) is 5.73 Å². The molecular weight excluding hydrogens is 412 g/mol. The quantitative estimate of drug-likeness (QED) is 0.258. The zero-order valence-electron chi connectivity index (χ0n) is 18.2. The SMILES string of the molecule is CCCCCCCCn1ccc2ccc(-c3noc(C4CCCN4C(=N)N)n3)cc21.Cl. The number of nitrogens with one attached hydrogen (secondary N) is 1. The Labute approximate surface area is 189 Å². The van der Waals surface area contributed by atoms with Crippen molar-refractivity contribution in [3.05, 3.63) is 36.4 Å². The number of aromatic nitrogens is 3. The van der Waals surface area contributed by atoms with Crippen molar-refractivity contribution < 1.29 is 4.52 Å². The second kappa shape index (κ2) is 10.7. The minimum Gasteiger partial charge on any atom is -0.370 e. The number of fused-ring (bicyclic) bond motifs is 1. The van der Waals surface area contributed by atoms with E-state index in [0.717, 1.165) is 31.5 Å². The summed E-state index contributed by atoms with van der Waals surface area (Å²) in [5.74, 6) is 1.20. The van der Waals surface area contributed by atoms with Crippen LogP contribution in [0.2, 0.25) is 0 Å². The maximum Gasteiger partial charge on any atom is 0.249 e. The van der Waals surface area contributed by atoms with Gasteiger partial charge in [-0.2, -0.15) is 4.98 Å². The molecule has 3 heterocycles. The first-order valence-electron chi connectivity index (χ1n) is 11.2. The number of guanidine groups is 1. The van der Waals surface area contributed by atoms with E-state index < -0.39 is 0 Å². The molecule has 4 rings (SSSR count). The Morgan fingerprint density at radius 2 is 2.00 bits per heavy atom. The molecule has 1 aliphatic rings. The van der Waals surface area contributed by atoms with Gasteiger partial charge in [0.15, 0.2) is 5.96 Å². The zero-order chi connectivity index (χ0) is 20.9. The van der Waals surface area contributed by atoms with Crippen molar-refractivity contribution in [2.75, 3.05) is 6.54 Å². The molecule has 168 valence electrons. The molecule has 0 amide bonds. The molecular formula is C23H33ClN6O. The predicted octanol–water partition coefficient (Wildman–Crippen LogP) is 5.50. The average Bonchev–Trinajstić information content (AvgIpc) is 3.49.